The molecular formula is C15H11ClF3NO2. The quantitative estimate of drug-likeness (QED) is 0.874. The summed E-state index contributed by atoms with van der Waals surface area (Å²) in [5.41, 5.74) is -4.31. The van der Waals surface area contributed by atoms with E-state index in [-0.39, 0.29) is 10.1 Å². The van der Waals surface area contributed by atoms with E-state index < -0.39 is 23.2 Å². The smallest absolute Gasteiger partial charge is 0.368 e. The Labute approximate surface area is 129 Å². The van der Waals surface area contributed by atoms with Gasteiger partial charge < -0.3 is 5.11 Å². The topological polar surface area (TPSA) is 40.5 Å². The SMILES string of the molecule is O=C(N(Cl)c1ccccc1)C(O)(c1ccccc1)C(F)(F)F. The molecule has 1 atom stereocenters. The van der Waals surface area contributed by atoms with Crippen molar-refractivity contribution in [3.63, 3.8) is 0 Å². The second kappa shape index (κ2) is 5.98. The fraction of sp³-hybridized carbons (Fsp3) is 0.133. The monoisotopic (exact) mass is 329 g/mol. The highest BCUT2D eigenvalue weighted by Gasteiger charge is 2.62. The summed E-state index contributed by atoms with van der Waals surface area (Å²) in [6, 6.07) is 13.4. The minimum Gasteiger partial charge on any atom is -0.368 e. The number of hydrogen-bond donors (Lipinski definition) is 1. The van der Waals surface area contributed by atoms with Gasteiger partial charge >= 0.3 is 6.18 Å². The van der Waals surface area contributed by atoms with Gasteiger partial charge in [0.15, 0.2) is 0 Å². The highest BCUT2D eigenvalue weighted by Crippen LogP contribution is 2.41. The Kier molecular flexibility index (Phi) is 4.44. The summed E-state index contributed by atoms with van der Waals surface area (Å²) in [5, 5.41) is 10.1. The van der Waals surface area contributed by atoms with Crippen molar-refractivity contribution in [3.8, 4) is 0 Å². The average Bonchev–Trinajstić information content (AvgIpc) is 2.53. The molecule has 7 heteroatoms. The normalized spacial score (nSPS) is 14.2. The molecule has 3 nitrogen and oxygen atoms in total. The zero-order valence-electron chi connectivity index (χ0n) is 11.1. The van der Waals surface area contributed by atoms with Gasteiger partial charge in [-0.15, -0.1) is 0 Å². The molecule has 2 aromatic rings. The number of rotatable bonds is 3. The van der Waals surface area contributed by atoms with Crippen molar-refractivity contribution < 1.29 is 23.1 Å². The van der Waals surface area contributed by atoms with Crippen molar-refractivity contribution in [2.75, 3.05) is 4.42 Å². The third kappa shape index (κ3) is 2.80. The first-order chi connectivity index (χ1) is 10.3. The van der Waals surface area contributed by atoms with Gasteiger partial charge in [-0.2, -0.15) is 13.2 Å². The number of amides is 1. The predicted molar refractivity (Wildman–Crippen MR) is 76.2 cm³/mol. The van der Waals surface area contributed by atoms with Crippen LogP contribution in [0.3, 0.4) is 0 Å². The zero-order valence-corrected chi connectivity index (χ0v) is 11.8. The Hall–Kier alpha value is -2.05. The number of benzene rings is 2. The van der Waals surface area contributed by atoms with Gasteiger partial charge in [0.25, 0.3) is 11.5 Å². The van der Waals surface area contributed by atoms with Crippen molar-refractivity contribution in [1.82, 2.24) is 0 Å². The number of nitrogens with zero attached hydrogens (tertiary/aromatic N) is 1. The maximum Gasteiger partial charge on any atom is 0.430 e. The van der Waals surface area contributed by atoms with E-state index >= 15 is 0 Å². The number of carbonyl (C=O) groups excluding carboxylic acids is 1. The molecule has 1 N–H and O–H groups in total. The summed E-state index contributed by atoms with van der Waals surface area (Å²) in [7, 11) is 0. The minimum atomic E-state index is -5.23. The maximum absolute atomic E-state index is 13.4. The molecule has 0 aromatic heterocycles. The van der Waals surface area contributed by atoms with Crippen molar-refractivity contribution >= 4 is 23.4 Å². The number of carbonyl (C=O) groups is 1. The molecule has 0 radical (unpaired) electrons. The molecule has 116 valence electrons. The largest absolute Gasteiger partial charge is 0.430 e. The number of para-hydroxylation sites is 1. The molecule has 0 bridgehead atoms. The van der Waals surface area contributed by atoms with Gasteiger partial charge in [-0.1, -0.05) is 48.5 Å². The first-order valence-corrected chi connectivity index (χ1v) is 6.52. The predicted octanol–water partition coefficient (Wildman–Crippen LogP) is 3.62. The molecule has 2 aromatic carbocycles. The molecule has 1 amide bonds. The second-order valence-corrected chi connectivity index (χ2v) is 4.83. The van der Waals surface area contributed by atoms with Crippen LogP contribution in [-0.4, -0.2) is 17.2 Å². The fourth-order valence-electron chi connectivity index (χ4n) is 1.91. The van der Waals surface area contributed by atoms with Crippen LogP contribution in [0, 0.1) is 0 Å². The summed E-state index contributed by atoms with van der Waals surface area (Å²) in [4.78, 5) is 12.2. The standard InChI is InChI=1S/C15H11ClF3NO2/c16-20(12-9-5-2-6-10-12)13(21)14(22,15(17,18)19)11-7-3-1-4-8-11/h1-10,22H. The zero-order chi connectivity index (χ0) is 16.4. The lowest BCUT2D eigenvalue weighted by molar-refractivity contribution is -0.255. The first-order valence-electron chi connectivity index (χ1n) is 6.18. The summed E-state index contributed by atoms with van der Waals surface area (Å²) in [6.07, 6.45) is -5.23. The Morgan fingerprint density at radius 3 is 1.86 bits per heavy atom. The van der Waals surface area contributed by atoms with E-state index in [0.29, 0.717) is 0 Å². The summed E-state index contributed by atoms with van der Waals surface area (Å²) >= 11 is 5.72. The summed E-state index contributed by atoms with van der Waals surface area (Å²) < 4.78 is 40.3. The molecule has 0 aliphatic rings. The number of halogens is 4. The lowest BCUT2D eigenvalue weighted by atomic mass is 9.92. The molecule has 0 aliphatic heterocycles. The van der Waals surface area contributed by atoms with Crippen molar-refractivity contribution in [2.45, 2.75) is 11.8 Å². The number of hydrogen-bond acceptors (Lipinski definition) is 2. The van der Waals surface area contributed by atoms with Crippen LogP contribution in [0.4, 0.5) is 18.9 Å². The van der Waals surface area contributed by atoms with Gasteiger partial charge in [-0.05, 0) is 12.1 Å². The van der Waals surface area contributed by atoms with Crippen molar-refractivity contribution in [1.29, 1.82) is 0 Å². The first kappa shape index (κ1) is 16.3. The van der Waals surface area contributed by atoms with E-state index in [1.165, 1.54) is 42.5 Å². The summed E-state index contributed by atoms with van der Waals surface area (Å²) in [6.45, 7) is 0. The molecule has 0 fully saturated rings. The van der Waals surface area contributed by atoms with Crippen LogP contribution in [0.25, 0.3) is 0 Å². The molecular weight excluding hydrogens is 319 g/mol. The van der Waals surface area contributed by atoms with Gasteiger partial charge in [0.1, 0.15) is 0 Å². The van der Waals surface area contributed by atoms with Crippen molar-refractivity contribution in [3.05, 3.63) is 66.2 Å². The lowest BCUT2D eigenvalue weighted by Gasteiger charge is -2.31. The maximum atomic E-state index is 13.4. The highest BCUT2D eigenvalue weighted by molar-refractivity contribution is 6.37. The van der Waals surface area contributed by atoms with E-state index in [0.717, 1.165) is 12.1 Å². The van der Waals surface area contributed by atoms with Crippen molar-refractivity contribution in [2.24, 2.45) is 0 Å². The molecule has 0 saturated heterocycles. The lowest BCUT2D eigenvalue weighted by Crippen LogP contribution is -2.53. The summed E-state index contributed by atoms with van der Waals surface area (Å²) in [5.74, 6) is -1.70. The number of alkyl halides is 3. The second-order valence-electron chi connectivity index (χ2n) is 4.50. The van der Waals surface area contributed by atoms with Crippen LogP contribution < -0.4 is 4.42 Å². The molecule has 2 rings (SSSR count). The van der Waals surface area contributed by atoms with Crippen LogP contribution in [0.15, 0.2) is 60.7 Å². The van der Waals surface area contributed by atoms with Crippen LogP contribution in [-0.2, 0) is 10.4 Å². The molecule has 1 unspecified atom stereocenters. The highest BCUT2D eigenvalue weighted by atomic mass is 35.5. The third-order valence-electron chi connectivity index (χ3n) is 3.07. The Balaban J connectivity index is 2.49. The third-order valence-corrected chi connectivity index (χ3v) is 3.42. The Morgan fingerprint density at radius 1 is 0.955 bits per heavy atom. The van der Waals surface area contributed by atoms with Gasteiger partial charge in [-0.3, -0.25) is 4.79 Å². The average molecular weight is 330 g/mol. The van der Waals surface area contributed by atoms with E-state index in [4.69, 9.17) is 11.8 Å². The molecule has 0 heterocycles. The fourth-order valence-corrected chi connectivity index (χ4v) is 2.14. The van der Waals surface area contributed by atoms with Gasteiger partial charge in [0, 0.05) is 17.3 Å². The Morgan fingerprint density at radius 2 is 1.41 bits per heavy atom. The van der Waals surface area contributed by atoms with E-state index in [1.807, 2.05) is 0 Å². The van der Waals surface area contributed by atoms with Crippen LogP contribution in [0.2, 0.25) is 0 Å². The number of aliphatic hydroxyl groups is 1. The minimum absolute atomic E-state index is 0.0211. The van der Waals surface area contributed by atoms with E-state index in [9.17, 15) is 23.1 Å². The van der Waals surface area contributed by atoms with Gasteiger partial charge in [-0.25, -0.2) is 4.42 Å². The molecule has 0 saturated carbocycles. The number of anilines is 1. The van der Waals surface area contributed by atoms with Gasteiger partial charge in [0.05, 0.1) is 5.69 Å². The van der Waals surface area contributed by atoms with Crippen LogP contribution in [0.1, 0.15) is 5.56 Å². The molecule has 0 aliphatic carbocycles. The van der Waals surface area contributed by atoms with Crippen LogP contribution >= 0.6 is 11.8 Å². The van der Waals surface area contributed by atoms with E-state index in [1.54, 1.807) is 6.07 Å². The van der Waals surface area contributed by atoms with Crippen LogP contribution in [0.5, 0.6) is 0 Å². The Bertz CT molecular complexity index is 649. The van der Waals surface area contributed by atoms with E-state index in [2.05, 4.69) is 0 Å². The molecule has 0 spiro atoms. The molecule has 22 heavy (non-hydrogen) atoms. The van der Waals surface area contributed by atoms with Gasteiger partial charge in [0.2, 0.25) is 0 Å².